The molecule has 0 amide bonds. The summed E-state index contributed by atoms with van der Waals surface area (Å²) in [5.41, 5.74) is 0.878. The van der Waals surface area contributed by atoms with Gasteiger partial charge in [-0.1, -0.05) is 63.1 Å². The summed E-state index contributed by atoms with van der Waals surface area (Å²) in [5.74, 6) is 0. The first-order chi connectivity index (χ1) is 5.69. The Hall–Kier alpha value is 0.700. The lowest BCUT2D eigenvalue weighted by Gasteiger charge is -2.36. The minimum absolute atomic E-state index is 0.436. The van der Waals surface area contributed by atoms with Crippen LogP contribution in [-0.4, -0.2) is 11.5 Å². The van der Waals surface area contributed by atoms with E-state index in [1.165, 1.54) is 6.42 Å². The molecular weight excluding hydrogens is 196 g/mol. The fraction of sp³-hybridized carbons (Fsp3) is 1.00. The van der Waals surface area contributed by atoms with E-state index in [2.05, 4.69) is 47.8 Å². The van der Waals surface area contributed by atoms with Crippen LogP contribution in [0.25, 0.3) is 0 Å². The van der Waals surface area contributed by atoms with Crippen LogP contribution in [-0.2, 0) is 0 Å². The number of hydrogen-bond donors (Lipinski definition) is 0. The molecule has 0 radical (unpaired) electrons. The molecule has 13 heavy (non-hydrogen) atoms. The third-order valence-corrected chi connectivity index (χ3v) is 4.89. The molecule has 0 heterocycles. The van der Waals surface area contributed by atoms with Crippen molar-refractivity contribution in [3.8, 4) is 0 Å². The highest BCUT2D eigenvalue weighted by molar-refractivity contribution is 8.76. The molecule has 0 aromatic heterocycles. The quantitative estimate of drug-likeness (QED) is 0.621. The van der Waals surface area contributed by atoms with Gasteiger partial charge in [-0.05, 0) is 23.5 Å². The van der Waals surface area contributed by atoms with Crippen LogP contribution in [0.1, 0.15) is 48.0 Å². The lowest BCUT2D eigenvalue weighted by atomic mass is 9.74. The molecule has 0 aromatic carbocycles. The van der Waals surface area contributed by atoms with Gasteiger partial charge in [-0.25, -0.2) is 0 Å². The van der Waals surface area contributed by atoms with E-state index in [0.717, 1.165) is 5.25 Å². The van der Waals surface area contributed by atoms with Gasteiger partial charge >= 0.3 is 0 Å². The van der Waals surface area contributed by atoms with Crippen LogP contribution in [0.2, 0.25) is 0 Å². The molecule has 0 saturated heterocycles. The Bertz CT molecular complexity index is 145. The van der Waals surface area contributed by atoms with Crippen LogP contribution in [0.5, 0.6) is 0 Å². The summed E-state index contributed by atoms with van der Waals surface area (Å²) in [6.45, 7) is 14.1. The first-order valence-corrected chi connectivity index (χ1v) is 7.50. The van der Waals surface area contributed by atoms with Crippen LogP contribution in [0, 0.1) is 10.8 Å². The number of hydrogen-bond acceptors (Lipinski definition) is 2. The predicted octanol–water partition coefficient (Wildman–Crippen LogP) is 4.85. The molecule has 0 N–H and O–H groups in total. The molecule has 0 spiro atoms. The lowest BCUT2D eigenvalue weighted by molar-refractivity contribution is 0.213. The van der Waals surface area contributed by atoms with Crippen molar-refractivity contribution in [1.82, 2.24) is 0 Å². The first kappa shape index (κ1) is 13.7. The van der Waals surface area contributed by atoms with Crippen molar-refractivity contribution in [2.45, 2.75) is 53.2 Å². The largest absolute Gasteiger partial charge is 0.0973 e. The monoisotopic (exact) mass is 220 g/mol. The van der Waals surface area contributed by atoms with Gasteiger partial charge in [0, 0.05) is 5.25 Å². The van der Waals surface area contributed by atoms with Crippen LogP contribution in [0.4, 0.5) is 0 Å². The van der Waals surface area contributed by atoms with Crippen molar-refractivity contribution in [1.29, 1.82) is 0 Å². The van der Waals surface area contributed by atoms with E-state index in [9.17, 15) is 0 Å². The Morgan fingerprint density at radius 1 is 1.08 bits per heavy atom. The topological polar surface area (TPSA) is 0 Å². The van der Waals surface area contributed by atoms with Gasteiger partial charge in [0.15, 0.2) is 0 Å². The molecule has 1 unspecified atom stereocenters. The summed E-state index contributed by atoms with van der Waals surface area (Å²) in [4.78, 5) is 0. The molecule has 0 aliphatic heterocycles. The van der Waals surface area contributed by atoms with Crippen molar-refractivity contribution in [2.75, 3.05) is 6.26 Å². The predicted molar refractivity (Wildman–Crippen MR) is 68.4 cm³/mol. The molecule has 0 rings (SSSR count). The average Bonchev–Trinajstić information content (AvgIpc) is 1.82. The molecule has 0 aliphatic rings. The maximum Gasteiger partial charge on any atom is 0.0174 e. The zero-order valence-electron chi connectivity index (χ0n) is 10.1. The Morgan fingerprint density at radius 2 is 1.54 bits per heavy atom. The minimum atomic E-state index is 0.436. The third kappa shape index (κ3) is 5.90. The third-order valence-electron chi connectivity index (χ3n) is 2.33. The Kier molecular flexibility index (Phi) is 5.24. The average molecular weight is 220 g/mol. The van der Waals surface area contributed by atoms with Gasteiger partial charge in [-0.2, -0.15) is 0 Å². The van der Waals surface area contributed by atoms with E-state index in [4.69, 9.17) is 0 Å². The first-order valence-electron chi connectivity index (χ1n) is 4.88. The molecule has 0 saturated carbocycles. The van der Waals surface area contributed by atoms with Gasteiger partial charge < -0.3 is 0 Å². The molecule has 80 valence electrons. The summed E-state index contributed by atoms with van der Waals surface area (Å²) in [7, 11) is 3.87. The highest BCUT2D eigenvalue weighted by Crippen LogP contribution is 2.43. The van der Waals surface area contributed by atoms with Crippen molar-refractivity contribution in [2.24, 2.45) is 10.8 Å². The molecule has 0 aliphatic carbocycles. The highest BCUT2D eigenvalue weighted by Gasteiger charge is 2.30. The van der Waals surface area contributed by atoms with Gasteiger partial charge in [0.1, 0.15) is 0 Å². The second-order valence-corrected chi connectivity index (χ2v) is 8.44. The van der Waals surface area contributed by atoms with Crippen molar-refractivity contribution in [3.63, 3.8) is 0 Å². The normalized spacial score (nSPS) is 15.9. The second-order valence-electron chi connectivity index (χ2n) is 5.63. The van der Waals surface area contributed by atoms with E-state index in [1.54, 1.807) is 0 Å². The SMILES string of the molecule is CSSC(C)C(C)(C)CC(C)(C)C. The molecule has 0 bridgehead atoms. The van der Waals surface area contributed by atoms with Crippen LogP contribution in [0.3, 0.4) is 0 Å². The minimum Gasteiger partial charge on any atom is -0.0973 e. The Labute approximate surface area is 92.0 Å². The zero-order valence-corrected chi connectivity index (χ0v) is 11.7. The standard InChI is InChI=1S/C11H24S2/c1-9(13-12-7)11(5,6)8-10(2,3)4/h9H,8H2,1-7H3. The fourth-order valence-electron chi connectivity index (χ4n) is 1.79. The molecule has 0 nitrogen and oxygen atoms in total. The van der Waals surface area contributed by atoms with E-state index < -0.39 is 0 Å². The molecule has 0 aromatic rings. The van der Waals surface area contributed by atoms with Gasteiger partial charge in [-0.15, -0.1) is 0 Å². The summed E-state index contributed by atoms with van der Waals surface area (Å²) in [6.07, 6.45) is 3.45. The summed E-state index contributed by atoms with van der Waals surface area (Å²) < 4.78 is 0. The smallest absolute Gasteiger partial charge is 0.0174 e. The van der Waals surface area contributed by atoms with Gasteiger partial charge in [0.05, 0.1) is 0 Å². The molecule has 0 fully saturated rings. The van der Waals surface area contributed by atoms with Gasteiger partial charge in [-0.3, -0.25) is 0 Å². The maximum absolute atomic E-state index is 2.38. The zero-order chi connectivity index (χ0) is 10.7. The van der Waals surface area contributed by atoms with Crippen LogP contribution >= 0.6 is 21.6 Å². The van der Waals surface area contributed by atoms with E-state index in [0.29, 0.717) is 10.8 Å². The molecule has 2 heteroatoms. The van der Waals surface area contributed by atoms with Crippen molar-refractivity contribution >= 4 is 21.6 Å². The molecular formula is C11H24S2. The van der Waals surface area contributed by atoms with Gasteiger partial charge in [0.25, 0.3) is 0 Å². The summed E-state index contributed by atoms with van der Waals surface area (Å²) >= 11 is 0. The highest BCUT2D eigenvalue weighted by atomic mass is 33.1. The van der Waals surface area contributed by atoms with E-state index in [-0.39, 0.29) is 0 Å². The van der Waals surface area contributed by atoms with Crippen molar-refractivity contribution in [3.05, 3.63) is 0 Å². The van der Waals surface area contributed by atoms with Gasteiger partial charge in [0.2, 0.25) is 0 Å². The Balaban J connectivity index is 4.21. The van der Waals surface area contributed by atoms with Crippen LogP contribution < -0.4 is 0 Å². The molecule has 1 atom stereocenters. The lowest BCUT2D eigenvalue weighted by Crippen LogP contribution is -2.28. The Morgan fingerprint density at radius 3 is 1.85 bits per heavy atom. The second kappa shape index (κ2) is 4.97. The number of rotatable bonds is 4. The van der Waals surface area contributed by atoms with Crippen LogP contribution in [0.15, 0.2) is 0 Å². The summed E-state index contributed by atoms with van der Waals surface area (Å²) in [5, 5.41) is 0.724. The van der Waals surface area contributed by atoms with E-state index in [1.807, 2.05) is 21.6 Å². The summed E-state index contributed by atoms with van der Waals surface area (Å²) in [6, 6.07) is 0. The van der Waals surface area contributed by atoms with E-state index >= 15 is 0 Å². The fourth-order valence-corrected chi connectivity index (χ4v) is 4.07. The maximum atomic E-state index is 2.38. The van der Waals surface area contributed by atoms with Crippen molar-refractivity contribution < 1.29 is 0 Å².